The van der Waals surface area contributed by atoms with Crippen molar-refractivity contribution >= 4 is 15.9 Å². The Balaban J connectivity index is 2.15. The molecule has 1 aromatic carbocycles. The average molecular weight is 349 g/mol. The van der Waals surface area contributed by atoms with Crippen molar-refractivity contribution in [3.63, 3.8) is 0 Å². The van der Waals surface area contributed by atoms with E-state index in [1.807, 2.05) is 30.3 Å². The van der Waals surface area contributed by atoms with E-state index < -0.39 is 0 Å². The number of ether oxygens (including phenoxy) is 1. The van der Waals surface area contributed by atoms with Crippen molar-refractivity contribution in [2.24, 2.45) is 0 Å². The zero-order chi connectivity index (χ0) is 15.1. The van der Waals surface area contributed by atoms with Crippen molar-refractivity contribution in [2.75, 3.05) is 6.54 Å². The van der Waals surface area contributed by atoms with Crippen molar-refractivity contribution in [1.82, 2.24) is 10.3 Å². The normalized spacial score (nSPS) is 10.6. The quantitative estimate of drug-likeness (QED) is 0.736. The van der Waals surface area contributed by atoms with Crippen molar-refractivity contribution in [3.8, 4) is 11.6 Å². The van der Waals surface area contributed by atoms with Gasteiger partial charge in [-0.3, -0.25) is 0 Å². The molecule has 0 aliphatic rings. The van der Waals surface area contributed by atoms with Crippen LogP contribution in [0.2, 0.25) is 0 Å². The molecule has 0 saturated heterocycles. The van der Waals surface area contributed by atoms with Crippen LogP contribution in [0.1, 0.15) is 31.5 Å². The molecule has 0 bridgehead atoms. The molecule has 0 aliphatic carbocycles. The molecule has 0 amide bonds. The van der Waals surface area contributed by atoms with E-state index in [4.69, 9.17) is 4.74 Å². The van der Waals surface area contributed by atoms with E-state index in [2.05, 4.69) is 46.1 Å². The Hall–Kier alpha value is -1.39. The Labute approximate surface area is 134 Å². The molecule has 1 aromatic heterocycles. The fraction of sp³-hybridized carbons (Fsp3) is 0.353. The van der Waals surface area contributed by atoms with Gasteiger partial charge in [-0.2, -0.15) is 0 Å². The molecule has 0 saturated carbocycles. The molecule has 1 N–H and O–H groups in total. The van der Waals surface area contributed by atoms with Crippen LogP contribution in [0.5, 0.6) is 11.6 Å². The smallest absolute Gasteiger partial charge is 0.219 e. The van der Waals surface area contributed by atoms with E-state index in [1.54, 1.807) is 0 Å². The molecule has 2 rings (SSSR count). The van der Waals surface area contributed by atoms with Gasteiger partial charge in [-0.15, -0.1) is 0 Å². The summed E-state index contributed by atoms with van der Waals surface area (Å²) in [4.78, 5) is 4.54. The second kappa shape index (κ2) is 8.15. The van der Waals surface area contributed by atoms with Crippen LogP contribution in [0.4, 0.5) is 0 Å². The Morgan fingerprint density at radius 2 is 2.05 bits per heavy atom. The predicted molar refractivity (Wildman–Crippen MR) is 89.8 cm³/mol. The summed E-state index contributed by atoms with van der Waals surface area (Å²) in [5, 5.41) is 3.41. The number of hydrogen-bond acceptors (Lipinski definition) is 3. The lowest BCUT2D eigenvalue weighted by Gasteiger charge is -2.10. The lowest BCUT2D eigenvalue weighted by atomic mass is 10.2. The summed E-state index contributed by atoms with van der Waals surface area (Å²) < 4.78 is 6.88. The molecule has 4 heteroatoms. The number of aromatic nitrogens is 1. The summed E-state index contributed by atoms with van der Waals surface area (Å²) in [5.74, 6) is 1.44. The Bertz CT molecular complexity index is 587. The van der Waals surface area contributed by atoms with Crippen LogP contribution in [0, 0.1) is 0 Å². The van der Waals surface area contributed by atoms with Crippen LogP contribution in [0.3, 0.4) is 0 Å². The van der Waals surface area contributed by atoms with Gasteiger partial charge in [-0.1, -0.05) is 35.8 Å². The summed E-state index contributed by atoms with van der Waals surface area (Å²) in [6.45, 7) is 6.14. The van der Waals surface area contributed by atoms with E-state index in [9.17, 15) is 0 Å². The first kappa shape index (κ1) is 16.0. The van der Waals surface area contributed by atoms with Crippen LogP contribution in [-0.2, 0) is 13.0 Å². The van der Waals surface area contributed by atoms with Gasteiger partial charge in [-0.25, -0.2) is 4.98 Å². The molecular weight excluding hydrogens is 328 g/mol. The number of rotatable bonds is 7. The van der Waals surface area contributed by atoms with E-state index in [0.717, 1.165) is 41.8 Å². The molecule has 1 heterocycles. The Morgan fingerprint density at radius 3 is 2.76 bits per heavy atom. The van der Waals surface area contributed by atoms with E-state index in [1.165, 1.54) is 5.56 Å². The SMILES string of the molecule is CCCNCc1cc(CC)nc(Oc2cccc(Br)c2)c1. The molecular formula is C17H21BrN2O. The Morgan fingerprint density at radius 1 is 1.19 bits per heavy atom. The number of aryl methyl sites for hydroxylation is 1. The highest BCUT2D eigenvalue weighted by Crippen LogP contribution is 2.24. The molecule has 0 unspecified atom stereocenters. The van der Waals surface area contributed by atoms with Crippen molar-refractivity contribution in [3.05, 3.63) is 52.1 Å². The molecule has 0 fully saturated rings. The molecule has 0 aliphatic heterocycles. The third-order valence-corrected chi connectivity index (χ3v) is 3.54. The molecule has 0 atom stereocenters. The van der Waals surface area contributed by atoms with Gasteiger partial charge in [0.1, 0.15) is 5.75 Å². The number of benzene rings is 1. The average Bonchev–Trinajstić information content (AvgIpc) is 2.47. The fourth-order valence-electron chi connectivity index (χ4n) is 2.02. The number of pyridine rings is 1. The summed E-state index contributed by atoms with van der Waals surface area (Å²) in [6, 6.07) is 11.9. The number of nitrogens with zero attached hydrogens (tertiary/aromatic N) is 1. The molecule has 0 radical (unpaired) electrons. The van der Waals surface area contributed by atoms with Crippen molar-refractivity contribution in [1.29, 1.82) is 0 Å². The van der Waals surface area contributed by atoms with Gasteiger partial charge in [0.25, 0.3) is 0 Å². The minimum Gasteiger partial charge on any atom is -0.439 e. The second-order valence-corrected chi connectivity index (χ2v) is 5.81. The van der Waals surface area contributed by atoms with E-state index >= 15 is 0 Å². The minimum absolute atomic E-state index is 0.653. The van der Waals surface area contributed by atoms with Crippen LogP contribution in [0.15, 0.2) is 40.9 Å². The maximum Gasteiger partial charge on any atom is 0.219 e. The van der Waals surface area contributed by atoms with Crippen LogP contribution < -0.4 is 10.1 Å². The largest absolute Gasteiger partial charge is 0.439 e. The monoisotopic (exact) mass is 348 g/mol. The zero-order valence-corrected chi connectivity index (χ0v) is 14.1. The second-order valence-electron chi connectivity index (χ2n) is 4.89. The standard InChI is InChI=1S/C17H21BrN2O/c1-3-8-19-12-13-9-15(4-2)20-17(10-13)21-16-7-5-6-14(18)11-16/h5-7,9-11,19H,3-4,8,12H2,1-2H3. The van der Waals surface area contributed by atoms with Gasteiger partial charge in [0.15, 0.2) is 0 Å². The summed E-state index contributed by atoms with van der Waals surface area (Å²) in [5.41, 5.74) is 2.26. The lowest BCUT2D eigenvalue weighted by Crippen LogP contribution is -2.14. The third-order valence-electron chi connectivity index (χ3n) is 3.05. The molecule has 3 nitrogen and oxygen atoms in total. The Kier molecular flexibility index (Phi) is 6.21. The first-order valence-electron chi connectivity index (χ1n) is 7.35. The first-order chi connectivity index (χ1) is 10.2. The molecule has 21 heavy (non-hydrogen) atoms. The van der Waals surface area contributed by atoms with Gasteiger partial charge in [-0.05, 0) is 49.2 Å². The topological polar surface area (TPSA) is 34.2 Å². The van der Waals surface area contributed by atoms with E-state index in [-0.39, 0.29) is 0 Å². The highest BCUT2D eigenvalue weighted by atomic mass is 79.9. The number of hydrogen-bond donors (Lipinski definition) is 1. The molecule has 2 aromatic rings. The van der Waals surface area contributed by atoms with Crippen LogP contribution in [0.25, 0.3) is 0 Å². The van der Waals surface area contributed by atoms with Gasteiger partial charge < -0.3 is 10.1 Å². The maximum absolute atomic E-state index is 5.88. The first-order valence-corrected chi connectivity index (χ1v) is 8.14. The zero-order valence-electron chi connectivity index (χ0n) is 12.5. The van der Waals surface area contributed by atoms with Crippen molar-refractivity contribution < 1.29 is 4.74 Å². The minimum atomic E-state index is 0.653. The highest BCUT2D eigenvalue weighted by Gasteiger charge is 2.05. The molecule has 112 valence electrons. The maximum atomic E-state index is 5.88. The van der Waals surface area contributed by atoms with Gasteiger partial charge in [0, 0.05) is 22.8 Å². The number of halogens is 1. The van der Waals surface area contributed by atoms with E-state index in [0.29, 0.717) is 5.88 Å². The van der Waals surface area contributed by atoms with Gasteiger partial charge in [0.2, 0.25) is 5.88 Å². The number of nitrogens with one attached hydrogen (secondary N) is 1. The fourth-order valence-corrected chi connectivity index (χ4v) is 2.39. The lowest BCUT2D eigenvalue weighted by molar-refractivity contribution is 0.459. The summed E-state index contributed by atoms with van der Waals surface area (Å²) >= 11 is 3.45. The predicted octanol–water partition coefficient (Wildman–Crippen LogP) is 4.70. The van der Waals surface area contributed by atoms with Crippen molar-refractivity contribution in [2.45, 2.75) is 33.2 Å². The molecule has 0 spiro atoms. The van der Waals surface area contributed by atoms with Crippen LogP contribution in [-0.4, -0.2) is 11.5 Å². The van der Waals surface area contributed by atoms with Gasteiger partial charge in [0.05, 0.1) is 0 Å². The summed E-state index contributed by atoms with van der Waals surface area (Å²) in [6.07, 6.45) is 2.03. The summed E-state index contributed by atoms with van der Waals surface area (Å²) in [7, 11) is 0. The van der Waals surface area contributed by atoms with Gasteiger partial charge >= 0.3 is 0 Å². The third kappa shape index (κ3) is 5.14. The highest BCUT2D eigenvalue weighted by molar-refractivity contribution is 9.10. The van der Waals surface area contributed by atoms with Crippen LogP contribution >= 0.6 is 15.9 Å².